The summed E-state index contributed by atoms with van der Waals surface area (Å²) in [6.07, 6.45) is 1.35. The summed E-state index contributed by atoms with van der Waals surface area (Å²) in [6, 6.07) is 0. The van der Waals surface area contributed by atoms with Gasteiger partial charge in [0.1, 0.15) is 11.3 Å². The van der Waals surface area contributed by atoms with Crippen molar-refractivity contribution in [2.45, 2.75) is 39.5 Å². The maximum absolute atomic E-state index is 11.4. The molecule has 11 heteroatoms. The van der Waals surface area contributed by atoms with Gasteiger partial charge in [-0.15, -0.1) is 5.10 Å². The van der Waals surface area contributed by atoms with Crippen molar-refractivity contribution in [2.24, 2.45) is 0 Å². The molecule has 0 bridgehead atoms. The average Bonchev–Trinajstić information content (AvgIpc) is 3.09. The summed E-state index contributed by atoms with van der Waals surface area (Å²) in [5.41, 5.74) is 0.214. The zero-order valence-electron chi connectivity index (χ0n) is 17.6. The molecule has 1 aromatic rings. The van der Waals surface area contributed by atoms with Gasteiger partial charge in [-0.05, 0) is 20.8 Å². The van der Waals surface area contributed by atoms with E-state index >= 15 is 0 Å². The lowest BCUT2D eigenvalue weighted by Gasteiger charge is -2.19. The molecule has 0 saturated heterocycles. The van der Waals surface area contributed by atoms with E-state index in [9.17, 15) is 4.79 Å². The standard InChI is InChI=1S/C18H34N4O7/c1-18(2,3)29-17(24)19-4-7-25-12-13-28-15-16-14-22(21-20-16)5-8-26-10-11-27-9-6-23/h14,23H,4-13,15H2,1-3H3,(H,19,24). The molecule has 1 rings (SSSR count). The number of aliphatic hydroxyl groups excluding tert-OH is 1. The van der Waals surface area contributed by atoms with Gasteiger partial charge < -0.3 is 34.1 Å². The lowest BCUT2D eigenvalue weighted by atomic mass is 10.2. The summed E-state index contributed by atoms with van der Waals surface area (Å²) >= 11 is 0. The van der Waals surface area contributed by atoms with Crippen LogP contribution in [0.15, 0.2) is 6.20 Å². The number of hydrogen-bond donors (Lipinski definition) is 2. The molecule has 29 heavy (non-hydrogen) atoms. The number of rotatable bonds is 16. The Morgan fingerprint density at radius 3 is 2.38 bits per heavy atom. The largest absolute Gasteiger partial charge is 0.444 e. The van der Waals surface area contributed by atoms with Crippen LogP contribution in [0, 0.1) is 0 Å². The first-order valence-corrected chi connectivity index (χ1v) is 9.68. The van der Waals surface area contributed by atoms with Gasteiger partial charge in [-0.3, -0.25) is 0 Å². The van der Waals surface area contributed by atoms with Gasteiger partial charge >= 0.3 is 6.09 Å². The lowest BCUT2D eigenvalue weighted by Crippen LogP contribution is -2.34. The second-order valence-corrected chi connectivity index (χ2v) is 7.01. The molecule has 0 aromatic carbocycles. The van der Waals surface area contributed by atoms with E-state index in [4.69, 9.17) is 28.8 Å². The fraction of sp³-hybridized carbons (Fsp3) is 0.833. The third-order valence-corrected chi connectivity index (χ3v) is 3.20. The molecule has 11 nitrogen and oxygen atoms in total. The number of hydrogen-bond acceptors (Lipinski definition) is 9. The van der Waals surface area contributed by atoms with E-state index < -0.39 is 11.7 Å². The van der Waals surface area contributed by atoms with Crippen molar-refractivity contribution in [1.82, 2.24) is 20.3 Å². The van der Waals surface area contributed by atoms with Crippen LogP contribution < -0.4 is 5.32 Å². The van der Waals surface area contributed by atoms with Gasteiger partial charge in [-0.1, -0.05) is 5.21 Å². The highest BCUT2D eigenvalue weighted by atomic mass is 16.6. The van der Waals surface area contributed by atoms with Crippen molar-refractivity contribution in [1.29, 1.82) is 0 Å². The number of aromatic nitrogens is 3. The smallest absolute Gasteiger partial charge is 0.407 e. The number of aliphatic hydroxyl groups is 1. The maximum Gasteiger partial charge on any atom is 0.407 e. The molecule has 0 aliphatic carbocycles. The van der Waals surface area contributed by atoms with Gasteiger partial charge in [-0.25, -0.2) is 9.48 Å². The molecular formula is C18H34N4O7. The van der Waals surface area contributed by atoms with E-state index in [2.05, 4.69) is 15.6 Å². The highest BCUT2D eigenvalue weighted by molar-refractivity contribution is 5.67. The molecule has 0 unspecified atom stereocenters. The van der Waals surface area contributed by atoms with Crippen LogP contribution in [0.3, 0.4) is 0 Å². The predicted octanol–water partition coefficient (Wildman–Crippen LogP) is 0.362. The van der Waals surface area contributed by atoms with Crippen LogP contribution in [0.4, 0.5) is 4.79 Å². The van der Waals surface area contributed by atoms with Crippen LogP contribution in [0.1, 0.15) is 26.5 Å². The SMILES string of the molecule is CC(C)(C)OC(=O)NCCOCCOCc1cn(CCOCCOCCO)nn1. The van der Waals surface area contributed by atoms with Crippen LogP contribution in [0.5, 0.6) is 0 Å². The van der Waals surface area contributed by atoms with E-state index in [1.807, 2.05) is 20.8 Å². The van der Waals surface area contributed by atoms with Crippen molar-refractivity contribution in [3.8, 4) is 0 Å². The Labute approximate surface area is 171 Å². The third kappa shape index (κ3) is 14.8. The first-order chi connectivity index (χ1) is 13.9. The number of carbonyl (C=O) groups excluding carboxylic acids is 1. The van der Waals surface area contributed by atoms with Gasteiger partial charge in [0.25, 0.3) is 0 Å². The summed E-state index contributed by atoms with van der Waals surface area (Å²) in [7, 11) is 0. The lowest BCUT2D eigenvalue weighted by molar-refractivity contribution is 0.0302. The normalized spacial score (nSPS) is 11.6. The van der Waals surface area contributed by atoms with E-state index in [1.54, 1.807) is 10.9 Å². The zero-order valence-corrected chi connectivity index (χ0v) is 17.6. The summed E-state index contributed by atoms with van der Waals surface area (Å²) in [5, 5.41) is 19.2. The van der Waals surface area contributed by atoms with Crippen LogP contribution in [0.25, 0.3) is 0 Å². The fourth-order valence-electron chi connectivity index (χ4n) is 1.99. The van der Waals surface area contributed by atoms with Gasteiger partial charge in [0.2, 0.25) is 0 Å². The van der Waals surface area contributed by atoms with E-state index in [0.717, 1.165) is 5.69 Å². The van der Waals surface area contributed by atoms with E-state index in [-0.39, 0.29) is 6.61 Å². The topological polar surface area (TPSA) is 126 Å². The molecule has 0 fully saturated rings. The molecule has 1 aromatic heterocycles. The number of amides is 1. The minimum Gasteiger partial charge on any atom is -0.444 e. The minimum absolute atomic E-state index is 0.0151. The van der Waals surface area contributed by atoms with Crippen molar-refractivity contribution in [2.75, 3.05) is 59.4 Å². The quantitative estimate of drug-likeness (QED) is 0.366. The van der Waals surface area contributed by atoms with E-state index in [0.29, 0.717) is 65.9 Å². The van der Waals surface area contributed by atoms with Crippen LogP contribution in [-0.4, -0.2) is 91.2 Å². The van der Waals surface area contributed by atoms with Crippen molar-refractivity contribution in [3.63, 3.8) is 0 Å². The summed E-state index contributed by atoms with van der Waals surface area (Å²) < 4.78 is 28.2. The number of nitrogens with one attached hydrogen (secondary N) is 1. The Hall–Kier alpha value is -1.79. The first kappa shape index (κ1) is 25.2. The summed E-state index contributed by atoms with van der Waals surface area (Å²) in [5.74, 6) is 0. The Morgan fingerprint density at radius 2 is 1.69 bits per heavy atom. The Bertz CT molecular complexity index is 549. The summed E-state index contributed by atoms with van der Waals surface area (Å²) in [6.45, 7) is 9.70. The predicted molar refractivity (Wildman–Crippen MR) is 103 cm³/mol. The highest BCUT2D eigenvalue weighted by Gasteiger charge is 2.15. The molecular weight excluding hydrogens is 384 g/mol. The molecule has 0 atom stereocenters. The number of alkyl carbamates (subject to hydrolysis) is 1. The molecule has 0 aliphatic rings. The molecule has 0 aliphatic heterocycles. The van der Waals surface area contributed by atoms with Crippen LogP contribution in [0.2, 0.25) is 0 Å². The fourth-order valence-corrected chi connectivity index (χ4v) is 1.99. The Balaban J connectivity index is 1.96. The van der Waals surface area contributed by atoms with Gasteiger partial charge in [0, 0.05) is 6.54 Å². The second-order valence-electron chi connectivity index (χ2n) is 7.01. The first-order valence-electron chi connectivity index (χ1n) is 9.68. The van der Waals surface area contributed by atoms with Crippen LogP contribution in [-0.2, 0) is 36.8 Å². The van der Waals surface area contributed by atoms with Crippen molar-refractivity contribution >= 4 is 6.09 Å². The minimum atomic E-state index is -0.511. The Morgan fingerprint density at radius 1 is 1.03 bits per heavy atom. The van der Waals surface area contributed by atoms with Gasteiger partial charge in [0.15, 0.2) is 0 Å². The van der Waals surface area contributed by atoms with Crippen LogP contribution >= 0.6 is 0 Å². The van der Waals surface area contributed by atoms with Crippen molar-refractivity contribution in [3.05, 3.63) is 11.9 Å². The molecule has 0 spiro atoms. The molecule has 1 amide bonds. The molecule has 168 valence electrons. The highest BCUT2D eigenvalue weighted by Crippen LogP contribution is 2.06. The second kappa shape index (κ2) is 15.1. The molecule has 0 saturated carbocycles. The third-order valence-electron chi connectivity index (χ3n) is 3.20. The summed E-state index contributed by atoms with van der Waals surface area (Å²) in [4.78, 5) is 11.4. The number of nitrogens with zero attached hydrogens (tertiary/aromatic N) is 3. The molecule has 1 heterocycles. The molecule has 2 N–H and O–H groups in total. The average molecular weight is 418 g/mol. The van der Waals surface area contributed by atoms with Gasteiger partial charge in [-0.2, -0.15) is 0 Å². The number of carbonyl (C=O) groups is 1. The zero-order chi connectivity index (χ0) is 21.4. The molecule has 0 radical (unpaired) electrons. The maximum atomic E-state index is 11.4. The Kier molecular flexibility index (Phi) is 13.1. The number of ether oxygens (including phenoxy) is 5. The monoisotopic (exact) mass is 418 g/mol. The van der Waals surface area contributed by atoms with Gasteiger partial charge in [0.05, 0.1) is 72.2 Å². The van der Waals surface area contributed by atoms with Crippen molar-refractivity contribution < 1.29 is 33.6 Å². The van der Waals surface area contributed by atoms with E-state index in [1.165, 1.54) is 0 Å².